The molecule has 0 saturated heterocycles. The molecule has 1 fully saturated rings. The lowest BCUT2D eigenvalue weighted by atomic mass is 10.0. The maximum absolute atomic E-state index is 10.6. The largest absolute Gasteiger partial charge is 0.395 e. The number of aliphatic hydroxyl groups excluding tert-OH is 1. The monoisotopic (exact) mass is 466 g/mol. The Kier molecular flexibility index (Phi) is 7.05. The number of rotatable bonds is 8. The molecule has 176 valence electrons. The van der Waals surface area contributed by atoms with Crippen molar-refractivity contribution in [2.45, 2.75) is 70.2 Å². The second kappa shape index (κ2) is 9.81. The normalized spacial score (nSPS) is 15.7. The van der Waals surface area contributed by atoms with Gasteiger partial charge in [0.15, 0.2) is 0 Å². The van der Waals surface area contributed by atoms with E-state index >= 15 is 0 Å². The maximum atomic E-state index is 10.6. The summed E-state index contributed by atoms with van der Waals surface area (Å²) in [5, 5.41) is 25.5. The highest BCUT2D eigenvalue weighted by atomic mass is 28.3. The molecule has 1 aliphatic carbocycles. The van der Waals surface area contributed by atoms with Crippen molar-refractivity contribution < 1.29 is 14.9 Å². The summed E-state index contributed by atoms with van der Waals surface area (Å²) in [6, 6.07) is 3.09. The van der Waals surface area contributed by atoms with E-state index in [9.17, 15) is 10.2 Å². The molecule has 2 N–H and O–H groups in total. The van der Waals surface area contributed by atoms with Gasteiger partial charge in [0.25, 0.3) is 0 Å². The van der Waals surface area contributed by atoms with Crippen LogP contribution in [0.25, 0.3) is 22.0 Å². The summed E-state index contributed by atoms with van der Waals surface area (Å²) in [7, 11) is -1.11. The highest BCUT2D eigenvalue weighted by Crippen LogP contribution is 2.31. The van der Waals surface area contributed by atoms with Gasteiger partial charge in [0.05, 0.1) is 24.5 Å². The van der Waals surface area contributed by atoms with Crippen LogP contribution in [0.15, 0.2) is 30.9 Å². The highest BCUT2D eigenvalue weighted by Gasteiger charge is 2.28. The van der Waals surface area contributed by atoms with Crippen LogP contribution in [-0.2, 0) is 18.0 Å². The van der Waals surface area contributed by atoms with Crippen molar-refractivity contribution in [1.82, 2.24) is 19.3 Å². The number of pyridine rings is 1. The third kappa shape index (κ3) is 5.92. The first kappa shape index (κ1) is 23.7. The summed E-state index contributed by atoms with van der Waals surface area (Å²) in [4.78, 5) is 4.50. The number of ether oxygens (including phenoxy) is 1. The lowest BCUT2D eigenvalue weighted by molar-refractivity contribution is 0.0786. The molecule has 1 aliphatic rings. The van der Waals surface area contributed by atoms with Crippen molar-refractivity contribution in [3.05, 3.63) is 36.5 Å². The number of hydrogen-bond donors (Lipinski definition) is 2. The molecule has 1 saturated carbocycles. The van der Waals surface area contributed by atoms with Gasteiger partial charge in [0, 0.05) is 50.1 Å². The topological polar surface area (TPSA) is 85.3 Å². The quantitative estimate of drug-likeness (QED) is 0.299. The smallest absolute Gasteiger partial charge is 0.139 e. The van der Waals surface area contributed by atoms with Crippen LogP contribution < -0.4 is 0 Å². The lowest BCUT2D eigenvalue weighted by Gasteiger charge is -2.15. The molecule has 0 atom stereocenters. The zero-order valence-electron chi connectivity index (χ0n) is 19.8. The van der Waals surface area contributed by atoms with Crippen LogP contribution >= 0.6 is 0 Å². The van der Waals surface area contributed by atoms with Gasteiger partial charge in [-0.3, -0.25) is 0 Å². The zero-order chi connectivity index (χ0) is 23.5. The molecule has 8 heteroatoms. The fourth-order valence-electron chi connectivity index (χ4n) is 4.15. The lowest BCUT2D eigenvalue weighted by Crippen LogP contribution is -2.22. The predicted octanol–water partition coefficient (Wildman–Crippen LogP) is 3.86. The number of hydrogen-bond acceptors (Lipinski definition) is 5. The zero-order valence-corrected chi connectivity index (χ0v) is 20.8. The van der Waals surface area contributed by atoms with Crippen molar-refractivity contribution >= 4 is 19.0 Å². The van der Waals surface area contributed by atoms with Crippen LogP contribution in [0.4, 0.5) is 0 Å². The van der Waals surface area contributed by atoms with Gasteiger partial charge in [-0.1, -0.05) is 25.6 Å². The molecule has 0 radical (unpaired) electrons. The van der Waals surface area contributed by atoms with E-state index in [1.165, 1.54) is 0 Å². The molecule has 0 aliphatic heterocycles. The van der Waals surface area contributed by atoms with E-state index in [1.54, 1.807) is 6.20 Å². The van der Waals surface area contributed by atoms with Crippen molar-refractivity contribution in [3.8, 4) is 23.0 Å². The van der Waals surface area contributed by atoms with Crippen LogP contribution in [0.1, 0.15) is 31.4 Å². The molecule has 3 aromatic rings. The minimum absolute atomic E-state index is 0.0437. The summed E-state index contributed by atoms with van der Waals surface area (Å²) >= 11 is 0. The summed E-state index contributed by atoms with van der Waals surface area (Å²) in [6.07, 6.45) is 11.1. The Morgan fingerprint density at radius 3 is 2.70 bits per heavy atom. The molecule has 0 spiro atoms. The SMILES string of the molecule is C[Si](C)(C)CCOCn1cc(-c2cn(CCO)c3cnc(C#CC4(O)CCCC4)cc23)cn1. The van der Waals surface area contributed by atoms with E-state index in [0.717, 1.165) is 60.4 Å². The molecule has 3 heterocycles. The number of fused-ring (bicyclic) bond motifs is 1. The van der Waals surface area contributed by atoms with Crippen molar-refractivity contribution in [3.63, 3.8) is 0 Å². The molecule has 3 aromatic heterocycles. The van der Waals surface area contributed by atoms with Gasteiger partial charge in [-0.15, -0.1) is 0 Å². The molecular formula is C25H34N4O3Si. The fraction of sp³-hybridized carbons (Fsp3) is 0.520. The van der Waals surface area contributed by atoms with Crippen LogP contribution in [0.2, 0.25) is 25.7 Å². The van der Waals surface area contributed by atoms with Gasteiger partial charge in [0.2, 0.25) is 0 Å². The predicted molar refractivity (Wildman–Crippen MR) is 132 cm³/mol. The van der Waals surface area contributed by atoms with Crippen LogP contribution in [0.5, 0.6) is 0 Å². The Hall–Kier alpha value is -2.44. The second-order valence-corrected chi connectivity index (χ2v) is 15.8. The minimum Gasteiger partial charge on any atom is -0.395 e. The van der Waals surface area contributed by atoms with Crippen LogP contribution in [0.3, 0.4) is 0 Å². The van der Waals surface area contributed by atoms with E-state index in [2.05, 4.69) is 41.6 Å². The van der Waals surface area contributed by atoms with Crippen LogP contribution in [-0.4, -0.2) is 56.4 Å². The molecule has 0 aromatic carbocycles. The van der Waals surface area contributed by atoms with Gasteiger partial charge < -0.3 is 19.5 Å². The summed E-state index contributed by atoms with van der Waals surface area (Å²) in [5.41, 5.74) is 2.66. The second-order valence-electron chi connectivity index (χ2n) is 10.2. The van der Waals surface area contributed by atoms with Gasteiger partial charge in [-0.05, 0) is 43.7 Å². The average Bonchev–Trinajstić information content (AvgIpc) is 3.49. The Labute approximate surface area is 196 Å². The van der Waals surface area contributed by atoms with Crippen molar-refractivity contribution in [2.24, 2.45) is 0 Å². The number of nitrogens with zero attached hydrogens (tertiary/aromatic N) is 4. The van der Waals surface area contributed by atoms with Gasteiger partial charge in [-0.25, -0.2) is 9.67 Å². The first-order chi connectivity index (χ1) is 15.8. The van der Waals surface area contributed by atoms with Crippen LogP contribution in [0, 0.1) is 11.8 Å². The molecule has 0 unspecified atom stereocenters. The van der Waals surface area contributed by atoms with Crippen molar-refractivity contribution in [1.29, 1.82) is 0 Å². The molecular weight excluding hydrogens is 432 g/mol. The third-order valence-corrected chi connectivity index (χ3v) is 7.83. The Morgan fingerprint density at radius 1 is 1.18 bits per heavy atom. The van der Waals surface area contributed by atoms with Gasteiger partial charge in [-0.2, -0.15) is 5.10 Å². The average molecular weight is 467 g/mol. The Bertz CT molecular complexity index is 1160. The minimum atomic E-state index is -1.11. The molecule has 0 bridgehead atoms. The highest BCUT2D eigenvalue weighted by molar-refractivity contribution is 6.76. The van der Waals surface area contributed by atoms with E-state index in [0.29, 0.717) is 19.0 Å². The molecule has 0 amide bonds. The fourth-order valence-corrected chi connectivity index (χ4v) is 4.91. The van der Waals surface area contributed by atoms with E-state index in [4.69, 9.17) is 4.74 Å². The number of aliphatic hydroxyl groups is 2. The Morgan fingerprint density at radius 2 is 1.97 bits per heavy atom. The van der Waals surface area contributed by atoms with E-state index < -0.39 is 13.7 Å². The third-order valence-electron chi connectivity index (χ3n) is 6.13. The molecule has 7 nitrogen and oxygen atoms in total. The molecule has 4 rings (SSSR count). The summed E-state index contributed by atoms with van der Waals surface area (Å²) in [5.74, 6) is 6.12. The maximum Gasteiger partial charge on any atom is 0.139 e. The molecule has 33 heavy (non-hydrogen) atoms. The van der Waals surface area contributed by atoms with Gasteiger partial charge >= 0.3 is 0 Å². The first-order valence-electron chi connectivity index (χ1n) is 11.7. The summed E-state index contributed by atoms with van der Waals surface area (Å²) in [6.45, 7) is 8.72. The van der Waals surface area contributed by atoms with E-state index in [-0.39, 0.29) is 6.61 Å². The van der Waals surface area contributed by atoms with Crippen molar-refractivity contribution in [2.75, 3.05) is 13.2 Å². The van der Waals surface area contributed by atoms with E-state index in [1.807, 2.05) is 33.9 Å². The first-order valence-corrected chi connectivity index (χ1v) is 15.4. The van der Waals surface area contributed by atoms with Gasteiger partial charge in [0.1, 0.15) is 18.0 Å². The standard InChI is InChI=1S/C25H34N4O3Si/c1-33(2,3)13-12-32-19-29-17-20(15-27-29)23-18-28(10-11-30)24-16-26-21(14-22(23)24)6-9-25(31)7-4-5-8-25/h14-18,30-31H,4-5,7-8,10-13,19H2,1-3H3. The summed E-state index contributed by atoms with van der Waals surface area (Å²) < 4.78 is 9.64. The Balaban J connectivity index is 1.59. The number of aromatic nitrogens is 4.